The van der Waals surface area contributed by atoms with Crippen LogP contribution >= 0.6 is 0 Å². The molecular formula is C27H29N3O. The summed E-state index contributed by atoms with van der Waals surface area (Å²) in [6.45, 7) is 5.61. The van der Waals surface area contributed by atoms with Gasteiger partial charge >= 0.3 is 0 Å². The first kappa shape index (κ1) is 19.8. The summed E-state index contributed by atoms with van der Waals surface area (Å²) in [5, 5.41) is 1.29. The molecule has 2 aliphatic heterocycles. The summed E-state index contributed by atoms with van der Waals surface area (Å²) in [5.41, 5.74) is 6.09. The Morgan fingerprint density at radius 2 is 1.87 bits per heavy atom. The van der Waals surface area contributed by atoms with E-state index in [1.807, 2.05) is 35.2 Å². The van der Waals surface area contributed by atoms with E-state index < -0.39 is 0 Å². The van der Waals surface area contributed by atoms with Gasteiger partial charge in [0, 0.05) is 42.4 Å². The van der Waals surface area contributed by atoms with E-state index in [0.717, 1.165) is 50.3 Å². The number of aliphatic imine (C=N–C) groups is 1. The first-order chi connectivity index (χ1) is 15.2. The molecule has 4 nitrogen and oxygen atoms in total. The first-order valence-corrected chi connectivity index (χ1v) is 11.3. The number of carbonyl (C=O) groups excluding carboxylic acids is 1. The Labute approximate surface area is 183 Å². The standard InChI is InChI=1S/C27H29N3O/c1-20-15-25(18-28-20)23-7-8-26-24(17-23)11-14-30(26)19-22-9-12-29(13-10-22)27(31)16-21-5-3-2-4-6-21/h2-8,11,14-15,17,22H,9-10,12-13,16,18-19H2,1H3. The SMILES string of the molecule is CC1=NCC(c2ccc3c(ccn3CC3CCN(C(=O)Cc4ccccc4)CC3)c2)=C1. The third-order valence-electron chi connectivity index (χ3n) is 6.64. The second kappa shape index (κ2) is 8.54. The predicted molar refractivity (Wildman–Crippen MR) is 127 cm³/mol. The molecule has 0 spiro atoms. The average Bonchev–Trinajstić information content (AvgIpc) is 3.41. The number of hydrogen-bond acceptors (Lipinski definition) is 2. The fourth-order valence-corrected chi connectivity index (χ4v) is 4.81. The van der Waals surface area contributed by atoms with Gasteiger partial charge in [0.25, 0.3) is 0 Å². The van der Waals surface area contributed by atoms with Crippen molar-refractivity contribution >= 4 is 28.1 Å². The zero-order valence-corrected chi connectivity index (χ0v) is 18.1. The second-order valence-electron chi connectivity index (χ2n) is 8.86. The Balaban J connectivity index is 1.19. The Bertz CT molecular complexity index is 1150. The molecule has 158 valence electrons. The molecule has 0 saturated carbocycles. The molecule has 1 saturated heterocycles. The summed E-state index contributed by atoms with van der Waals surface area (Å²) < 4.78 is 2.38. The van der Waals surface area contributed by atoms with Crippen molar-refractivity contribution in [3.8, 4) is 0 Å². The molecule has 0 radical (unpaired) electrons. The molecule has 3 aromatic rings. The molecule has 0 unspecified atom stereocenters. The minimum Gasteiger partial charge on any atom is -0.347 e. The lowest BCUT2D eigenvalue weighted by Crippen LogP contribution is -2.40. The van der Waals surface area contributed by atoms with Crippen molar-refractivity contribution in [1.82, 2.24) is 9.47 Å². The number of allylic oxidation sites excluding steroid dienone is 1. The first-order valence-electron chi connectivity index (χ1n) is 11.3. The number of benzene rings is 2. The fraction of sp³-hybridized carbons (Fsp3) is 0.333. The highest BCUT2D eigenvalue weighted by molar-refractivity contribution is 6.03. The summed E-state index contributed by atoms with van der Waals surface area (Å²) in [4.78, 5) is 19.2. The molecule has 5 rings (SSSR count). The highest BCUT2D eigenvalue weighted by atomic mass is 16.2. The number of likely N-dealkylation sites (tertiary alicyclic amines) is 1. The highest BCUT2D eigenvalue weighted by Gasteiger charge is 2.23. The molecule has 2 aliphatic rings. The van der Waals surface area contributed by atoms with Crippen molar-refractivity contribution in [2.45, 2.75) is 32.7 Å². The number of aromatic nitrogens is 1. The molecule has 31 heavy (non-hydrogen) atoms. The smallest absolute Gasteiger partial charge is 0.226 e. The van der Waals surface area contributed by atoms with Crippen LogP contribution in [-0.2, 0) is 17.8 Å². The number of nitrogens with zero attached hydrogens (tertiary/aromatic N) is 3. The quantitative estimate of drug-likeness (QED) is 0.583. The zero-order valence-electron chi connectivity index (χ0n) is 18.1. The van der Waals surface area contributed by atoms with Crippen LogP contribution in [0.1, 0.15) is 30.9 Å². The number of carbonyl (C=O) groups is 1. The zero-order chi connectivity index (χ0) is 21.2. The number of rotatable bonds is 5. The summed E-state index contributed by atoms with van der Waals surface area (Å²) in [6.07, 6.45) is 7.05. The van der Waals surface area contributed by atoms with Gasteiger partial charge in [-0.1, -0.05) is 36.4 Å². The molecule has 0 atom stereocenters. The molecule has 3 heterocycles. The molecule has 1 fully saturated rings. The van der Waals surface area contributed by atoms with Crippen LogP contribution in [0, 0.1) is 5.92 Å². The number of fused-ring (bicyclic) bond motifs is 1. The lowest BCUT2D eigenvalue weighted by molar-refractivity contribution is -0.131. The molecule has 1 amide bonds. The van der Waals surface area contributed by atoms with Gasteiger partial charge in [-0.15, -0.1) is 0 Å². The second-order valence-corrected chi connectivity index (χ2v) is 8.86. The van der Waals surface area contributed by atoms with E-state index in [9.17, 15) is 4.79 Å². The van der Waals surface area contributed by atoms with E-state index in [2.05, 4.69) is 53.0 Å². The van der Waals surface area contributed by atoms with Gasteiger partial charge in [-0.25, -0.2) is 0 Å². The third-order valence-corrected chi connectivity index (χ3v) is 6.64. The molecule has 0 aliphatic carbocycles. The van der Waals surface area contributed by atoms with Crippen LogP contribution in [-0.4, -0.2) is 40.7 Å². The number of amides is 1. The van der Waals surface area contributed by atoms with Gasteiger partial charge < -0.3 is 9.47 Å². The van der Waals surface area contributed by atoms with Gasteiger partial charge in [0.2, 0.25) is 5.91 Å². The van der Waals surface area contributed by atoms with Crippen LogP contribution < -0.4 is 0 Å². The maximum atomic E-state index is 12.6. The van der Waals surface area contributed by atoms with Crippen LogP contribution in [0.15, 0.2) is 71.9 Å². The monoisotopic (exact) mass is 411 g/mol. The molecule has 4 heteroatoms. The van der Waals surface area contributed by atoms with Gasteiger partial charge in [-0.2, -0.15) is 0 Å². The largest absolute Gasteiger partial charge is 0.347 e. The van der Waals surface area contributed by atoms with Gasteiger partial charge in [-0.3, -0.25) is 9.79 Å². The van der Waals surface area contributed by atoms with Crippen LogP contribution in [0.4, 0.5) is 0 Å². The van der Waals surface area contributed by atoms with Gasteiger partial charge in [-0.05, 0) is 66.7 Å². The fourth-order valence-electron chi connectivity index (χ4n) is 4.81. The predicted octanol–water partition coefficient (Wildman–Crippen LogP) is 4.98. The average molecular weight is 412 g/mol. The topological polar surface area (TPSA) is 37.6 Å². The van der Waals surface area contributed by atoms with E-state index in [0.29, 0.717) is 12.3 Å². The third kappa shape index (κ3) is 4.34. The minimum absolute atomic E-state index is 0.254. The van der Waals surface area contributed by atoms with Crippen molar-refractivity contribution in [2.75, 3.05) is 19.6 Å². The van der Waals surface area contributed by atoms with E-state index >= 15 is 0 Å². The van der Waals surface area contributed by atoms with Gasteiger partial charge in [0.15, 0.2) is 0 Å². The maximum Gasteiger partial charge on any atom is 0.226 e. The van der Waals surface area contributed by atoms with Crippen LogP contribution in [0.25, 0.3) is 16.5 Å². The summed E-state index contributed by atoms with van der Waals surface area (Å²) >= 11 is 0. The molecule has 0 N–H and O–H groups in total. The normalized spacial score (nSPS) is 17.1. The number of hydrogen-bond donors (Lipinski definition) is 0. The van der Waals surface area contributed by atoms with Crippen molar-refractivity contribution in [2.24, 2.45) is 10.9 Å². The van der Waals surface area contributed by atoms with Crippen molar-refractivity contribution in [1.29, 1.82) is 0 Å². The van der Waals surface area contributed by atoms with Crippen LogP contribution in [0.3, 0.4) is 0 Å². The molecule has 2 aromatic carbocycles. The Hall–Kier alpha value is -3.14. The van der Waals surface area contributed by atoms with Crippen molar-refractivity contribution < 1.29 is 4.79 Å². The van der Waals surface area contributed by atoms with E-state index in [-0.39, 0.29) is 5.91 Å². The molecule has 0 bridgehead atoms. The molecule has 1 aromatic heterocycles. The molecular weight excluding hydrogens is 382 g/mol. The van der Waals surface area contributed by atoms with Gasteiger partial charge in [0.1, 0.15) is 0 Å². The van der Waals surface area contributed by atoms with E-state index in [1.165, 1.54) is 22.0 Å². The lowest BCUT2D eigenvalue weighted by atomic mass is 9.96. The Kier molecular flexibility index (Phi) is 5.46. The Morgan fingerprint density at radius 1 is 1.06 bits per heavy atom. The van der Waals surface area contributed by atoms with Crippen LogP contribution in [0.5, 0.6) is 0 Å². The maximum absolute atomic E-state index is 12.6. The highest BCUT2D eigenvalue weighted by Crippen LogP contribution is 2.27. The van der Waals surface area contributed by atoms with Crippen molar-refractivity contribution in [3.05, 3.63) is 78.0 Å². The van der Waals surface area contributed by atoms with E-state index in [1.54, 1.807) is 0 Å². The van der Waals surface area contributed by atoms with Gasteiger partial charge in [0.05, 0.1) is 13.0 Å². The van der Waals surface area contributed by atoms with E-state index in [4.69, 9.17) is 0 Å². The van der Waals surface area contributed by atoms with Crippen molar-refractivity contribution in [3.63, 3.8) is 0 Å². The Morgan fingerprint density at radius 3 is 2.61 bits per heavy atom. The summed E-state index contributed by atoms with van der Waals surface area (Å²) in [5.74, 6) is 0.869. The lowest BCUT2D eigenvalue weighted by Gasteiger charge is -2.32. The summed E-state index contributed by atoms with van der Waals surface area (Å²) in [7, 11) is 0. The van der Waals surface area contributed by atoms with Crippen LogP contribution in [0.2, 0.25) is 0 Å². The number of piperidine rings is 1. The minimum atomic E-state index is 0.254. The summed E-state index contributed by atoms with van der Waals surface area (Å²) in [6, 6.07) is 19.0.